The van der Waals surface area contributed by atoms with Gasteiger partial charge in [0.2, 0.25) is 0 Å². The van der Waals surface area contributed by atoms with Crippen molar-refractivity contribution in [2.24, 2.45) is 46.3 Å². The predicted molar refractivity (Wildman–Crippen MR) is 146 cm³/mol. The van der Waals surface area contributed by atoms with Crippen molar-refractivity contribution in [1.82, 2.24) is 4.90 Å². The van der Waals surface area contributed by atoms with Gasteiger partial charge in [-0.15, -0.1) is 0 Å². The van der Waals surface area contributed by atoms with Crippen molar-refractivity contribution < 1.29 is 0 Å². The van der Waals surface area contributed by atoms with Crippen LogP contribution >= 0.6 is 0 Å². The van der Waals surface area contributed by atoms with E-state index < -0.39 is 0 Å². The van der Waals surface area contributed by atoms with Gasteiger partial charge >= 0.3 is 0 Å². The maximum atomic E-state index is 2.99. The van der Waals surface area contributed by atoms with Crippen LogP contribution in [0.4, 0.5) is 0 Å². The Hall–Kier alpha value is -0.820. The van der Waals surface area contributed by atoms with Gasteiger partial charge in [-0.3, -0.25) is 4.90 Å². The summed E-state index contributed by atoms with van der Waals surface area (Å²) in [6.07, 6.45) is 16.2. The van der Waals surface area contributed by atoms with Crippen LogP contribution in [0.2, 0.25) is 0 Å². The molecule has 1 saturated heterocycles. The smallest absolute Gasteiger partial charge is 0.0237 e. The van der Waals surface area contributed by atoms with Gasteiger partial charge in [-0.1, -0.05) is 97.1 Å². The second kappa shape index (κ2) is 9.91. The molecule has 0 spiro atoms. The van der Waals surface area contributed by atoms with E-state index in [9.17, 15) is 0 Å². The van der Waals surface area contributed by atoms with Crippen molar-refractivity contribution >= 4 is 0 Å². The van der Waals surface area contributed by atoms with Crippen molar-refractivity contribution in [3.05, 3.63) is 35.9 Å². The molecular formula is C33H53N. The average molecular weight is 464 g/mol. The highest BCUT2D eigenvalue weighted by Crippen LogP contribution is 2.66. The second-order valence-corrected chi connectivity index (χ2v) is 14.1. The summed E-state index contributed by atoms with van der Waals surface area (Å²) in [4.78, 5) is 2.99. The number of likely N-dealkylation sites (tertiary alicyclic amines) is 1. The Morgan fingerprint density at radius 2 is 1.62 bits per heavy atom. The number of hydrogen-bond donors (Lipinski definition) is 0. The molecule has 1 aliphatic heterocycles. The lowest BCUT2D eigenvalue weighted by molar-refractivity contribution is -0.147. The third-order valence-electron chi connectivity index (χ3n) is 11.8. The molecule has 1 aromatic carbocycles. The molecule has 0 N–H and O–H groups in total. The Balaban J connectivity index is 1.37. The van der Waals surface area contributed by atoms with Crippen LogP contribution in [0, 0.1) is 46.3 Å². The zero-order chi connectivity index (χ0) is 23.9. The lowest BCUT2D eigenvalue weighted by atomic mass is 9.47. The highest BCUT2D eigenvalue weighted by Gasteiger charge is 2.61. The summed E-state index contributed by atoms with van der Waals surface area (Å²) in [5.41, 5.74) is 2.66. The molecule has 1 nitrogen and oxygen atoms in total. The van der Waals surface area contributed by atoms with E-state index in [1.165, 1.54) is 89.3 Å². The van der Waals surface area contributed by atoms with Crippen LogP contribution in [-0.4, -0.2) is 17.5 Å². The van der Waals surface area contributed by atoms with Crippen LogP contribution in [0.15, 0.2) is 30.3 Å². The SMILES string of the molecule is CC(C)CCC[C@@H](C)[C@H]1CC[C@H]2[C@@H]3CN(Cc4ccccc4)C4CCCC[C@]4(C)[C@H]3CC[C@]12C. The van der Waals surface area contributed by atoms with Gasteiger partial charge < -0.3 is 0 Å². The van der Waals surface area contributed by atoms with Gasteiger partial charge in [-0.2, -0.15) is 0 Å². The van der Waals surface area contributed by atoms with Crippen molar-refractivity contribution in [2.75, 3.05) is 6.54 Å². The molecule has 4 aliphatic rings. The van der Waals surface area contributed by atoms with E-state index in [4.69, 9.17) is 0 Å². The van der Waals surface area contributed by atoms with Gasteiger partial charge in [-0.05, 0) is 90.4 Å². The molecule has 0 bridgehead atoms. The van der Waals surface area contributed by atoms with Crippen LogP contribution in [0.25, 0.3) is 0 Å². The summed E-state index contributed by atoms with van der Waals surface area (Å²) in [5.74, 6) is 5.59. The lowest BCUT2D eigenvalue weighted by Crippen LogP contribution is -2.63. The third kappa shape index (κ3) is 4.42. The number of hydrogen-bond acceptors (Lipinski definition) is 1. The molecule has 3 saturated carbocycles. The first-order valence-electron chi connectivity index (χ1n) is 15.1. The van der Waals surface area contributed by atoms with Crippen molar-refractivity contribution in [1.29, 1.82) is 0 Å². The fourth-order valence-electron chi connectivity index (χ4n) is 10.1. The van der Waals surface area contributed by atoms with Gasteiger partial charge in [0.25, 0.3) is 0 Å². The summed E-state index contributed by atoms with van der Waals surface area (Å²) in [6, 6.07) is 12.2. The van der Waals surface area contributed by atoms with E-state index >= 15 is 0 Å². The monoisotopic (exact) mass is 463 g/mol. The van der Waals surface area contributed by atoms with E-state index in [1.807, 2.05) is 0 Å². The van der Waals surface area contributed by atoms with Gasteiger partial charge in [0, 0.05) is 19.1 Å². The molecule has 1 heteroatoms. The van der Waals surface area contributed by atoms with E-state index in [-0.39, 0.29) is 0 Å². The maximum Gasteiger partial charge on any atom is 0.0237 e. The average Bonchev–Trinajstić information content (AvgIpc) is 3.17. The number of fused-ring (bicyclic) bond motifs is 5. The summed E-state index contributed by atoms with van der Waals surface area (Å²) in [6.45, 7) is 15.4. The molecular weight excluding hydrogens is 410 g/mol. The lowest BCUT2D eigenvalue weighted by Gasteiger charge is -2.63. The molecule has 1 heterocycles. The summed E-state index contributed by atoms with van der Waals surface area (Å²) in [7, 11) is 0. The molecule has 4 fully saturated rings. The van der Waals surface area contributed by atoms with E-state index in [1.54, 1.807) is 0 Å². The Labute approximate surface area is 211 Å². The van der Waals surface area contributed by atoms with Crippen LogP contribution in [0.1, 0.15) is 111 Å². The first-order chi connectivity index (χ1) is 16.3. The number of piperidine rings is 1. The quantitative estimate of drug-likeness (QED) is 0.390. The first kappa shape index (κ1) is 24.9. The fraction of sp³-hybridized carbons (Fsp3) is 0.818. The molecule has 0 amide bonds. The Kier molecular flexibility index (Phi) is 7.25. The molecule has 34 heavy (non-hydrogen) atoms. The normalized spacial score (nSPS) is 41.1. The predicted octanol–water partition coefficient (Wildman–Crippen LogP) is 8.97. The van der Waals surface area contributed by atoms with Crippen LogP contribution in [-0.2, 0) is 6.54 Å². The van der Waals surface area contributed by atoms with Crippen molar-refractivity contribution in [3.63, 3.8) is 0 Å². The van der Waals surface area contributed by atoms with E-state index in [0.717, 1.165) is 41.5 Å². The molecule has 8 atom stereocenters. The van der Waals surface area contributed by atoms with Gasteiger partial charge in [0.05, 0.1) is 0 Å². The van der Waals surface area contributed by atoms with Crippen molar-refractivity contribution in [3.8, 4) is 0 Å². The molecule has 1 aromatic rings. The molecule has 0 radical (unpaired) electrons. The molecule has 190 valence electrons. The highest BCUT2D eigenvalue weighted by molar-refractivity contribution is 5.17. The Morgan fingerprint density at radius 1 is 0.853 bits per heavy atom. The van der Waals surface area contributed by atoms with Gasteiger partial charge in [0.15, 0.2) is 0 Å². The summed E-state index contributed by atoms with van der Waals surface area (Å²) in [5, 5.41) is 0. The minimum atomic E-state index is 0.540. The zero-order valence-corrected chi connectivity index (χ0v) is 23.1. The molecule has 1 unspecified atom stereocenters. The number of nitrogens with zero attached hydrogens (tertiary/aromatic N) is 1. The molecule has 0 aromatic heterocycles. The zero-order valence-electron chi connectivity index (χ0n) is 23.1. The summed E-state index contributed by atoms with van der Waals surface area (Å²) < 4.78 is 0. The van der Waals surface area contributed by atoms with Crippen LogP contribution < -0.4 is 0 Å². The minimum Gasteiger partial charge on any atom is -0.295 e. The molecule has 5 rings (SSSR count). The van der Waals surface area contributed by atoms with E-state index in [2.05, 4.69) is 69.9 Å². The van der Waals surface area contributed by atoms with Crippen molar-refractivity contribution in [2.45, 2.75) is 118 Å². The first-order valence-corrected chi connectivity index (χ1v) is 15.1. The maximum absolute atomic E-state index is 2.99. The van der Waals surface area contributed by atoms with Crippen LogP contribution in [0.5, 0.6) is 0 Å². The standard InChI is InChI=1S/C33H53N/c1-24(2)12-11-13-25(3)28-17-18-29-27-23-34(22-26-14-7-6-8-15-26)31-16-9-10-20-33(31,5)30(27)19-21-32(28,29)4/h6-8,14-15,24-25,27-31H,9-13,16-23H2,1-5H3/t25-,27+,28-,29+,30+,31?,32-,33-/m1/s1. The fourth-order valence-corrected chi connectivity index (χ4v) is 10.1. The van der Waals surface area contributed by atoms with E-state index in [0.29, 0.717) is 10.8 Å². The minimum absolute atomic E-state index is 0.540. The largest absolute Gasteiger partial charge is 0.295 e. The molecule has 3 aliphatic carbocycles. The topological polar surface area (TPSA) is 3.24 Å². The van der Waals surface area contributed by atoms with Gasteiger partial charge in [0.1, 0.15) is 0 Å². The Bertz CT molecular complexity index is 800. The Morgan fingerprint density at radius 3 is 2.38 bits per heavy atom. The third-order valence-corrected chi connectivity index (χ3v) is 11.8. The number of benzene rings is 1. The van der Waals surface area contributed by atoms with Crippen LogP contribution in [0.3, 0.4) is 0 Å². The highest BCUT2D eigenvalue weighted by atomic mass is 15.2. The van der Waals surface area contributed by atoms with Gasteiger partial charge in [-0.25, -0.2) is 0 Å². The second-order valence-electron chi connectivity index (χ2n) is 14.1. The summed E-state index contributed by atoms with van der Waals surface area (Å²) >= 11 is 0. The number of rotatable bonds is 7.